The van der Waals surface area contributed by atoms with E-state index in [0.717, 1.165) is 45.4 Å². The Morgan fingerprint density at radius 3 is 2.45 bits per heavy atom. The maximum Gasteiger partial charge on any atom is 0.415 e. The second-order valence-corrected chi connectivity index (χ2v) is 8.24. The van der Waals surface area contributed by atoms with Crippen LogP contribution >= 0.6 is 15.9 Å². The van der Waals surface area contributed by atoms with E-state index in [-0.39, 0.29) is 12.6 Å². The van der Waals surface area contributed by atoms with E-state index in [0.29, 0.717) is 5.75 Å². The number of carbonyl (C=O) groups excluding carboxylic acids is 1. The van der Waals surface area contributed by atoms with Crippen molar-refractivity contribution in [3.63, 3.8) is 0 Å². The van der Waals surface area contributed by atoms with Gasteiger partial charge in [0.15, 0.2) is 0 Å². The SMILES string of the molecule is COc1ccccc1C1CCc2cc(Br)cc(OC)c2N1C(=O)OCc1ccccc1. The maximum absolute atomic E-state index is 13.5. The first-order valence-corrected chi connectivity index (χ1v) is 10.9. The molecule has 1 atom stereocenters. The van der Waals surface area contributed by atoms with Crippen LogP contribution in [0.3, 0.4) is 0 Å². The van der Waals surface area contributed by atoms with E-state index in [1.807, 2.05) is 66.7 Å². The number of benzene rings is 3. The van der Waals surface area contributed by atoms with Crippen LogP contribution in [0, 0.1) is 0 Å². The molecular weight excluding hydrogens is 458 g/mol. The maximum atomic E-state index is 13.5. The van der Waals surface area contributed by atoms with Crippen molar-refractivity contribution in [3.05, 3.63) is 87.9 Å². The van der Waals surface area contributed by atoms with Crippen molar-refractivity contribution in [3.8, 4) is 11.5 Å². The minimum atomic E-state index is -0.415. The number of para-hydroxylation sites is 1. The quantitative estimate of drug-likeness (QED) is 0.429. The van der Waals surface area contributed by atoms with Gasteiger partial charge in [0.25, 0.3) is 0 Å². The third kappa shape index (κ3) is 4.39. The van der Waals surface area contributed by atoms with Crippen LogP contribution in [-0.4, -0.2) is 20.3 Å². The fraction of sp³-hybridized carbons (Fsp3) is 0.240. The molecule has 0 spiro atoms. The molecule has 4 rings (SSSR count). The number of nitrogens with zero attached hydrogens (tertiary/aromatic N) is 1. The third-order valence-electron chi connectivity index (χ3n) is 5.48. The summed E-state index contributed by atoms with van der Waals surface area (Å²) in [7, 11) is 3.26. The van der Waals surface area contributed by atoms with Crippen molar-refractivity contribution in [2.75, 3.05) is 19.1 Å². The van der Waals surface area contributed by atoms with Gasteiger partial charge in [-0.2, -0.15) is 0 Å². The number of amides is 1. The number of rotatable bonds is 5. The number of hydrogen-bond donors (Lipinski definition) is 0. The lowest BCUT2D eigenvalue weighted by atomic mass is 9.90. The van der Waals surface area contributed by atoms with Crippen molar-refractivity contribution < 1.29 is 19.0 Å². The topological polar surface area (TPSA) is 48.0 Å². The van der Waals surface area contributed by atoms with E-state index in [2.05, 4.69) is 15.9 Å². The van der Waals surface area contributed by atoms with Crippen molar-refractivity contribution in [1.29, 1.82) is 0 Å². The van der Waals surface area contributed by atoms with E-state index in [4.69, 9.17) is 14.2 Å². The van der Waals surface area contributed by atoms with Gasteiger partial charge >= 0.3 is 6.09 Å². The highest BCUT2D eigenvalue weighted by Crippen LogP contribution is 2.47. The Morgan fingerprint density at radius 1 is 1.00 bits per heavy atom. The summed E-state index contributed by atoms with van der Waals surface area (Å²) in [6, 6.07) is 21.1. The molecule has 1 unspecified atom stereocenters. The van der Waals surface area contributed by atoms with Gasteiger partial charge in [0.05, 0.1) is 25.9 Å². The molecule has 0 saturated heterocycles. The van der Waals surface area contributed by atoms with Gasteiger partial charge in [0.2, 0.25) is 0 Å². The van der Waals surface area contributed by atoms with E-state index >= 15 is 0 Å². The van der Waals surface area contributed by atoms with E-state index in [9.17, 15) is 4.79 Å². The Bertz CT molecular complexity index is 1050. The standard InChI is InChI=1S/C25H24BrNO4/c1-29-22-11-7-6-10-20(22)21-13-12-18-14-19(26)15-23(30-2)24(18)27(21)25(28)31-16-17-8-4-3-5-9-17/h3-11,14-15,21H,12-13,16H2,1-2H3. The molecule has 3 aromatic rings. The largest absolute Gasteiger partial charge is 0.496 e. The van der Waals surface area contributed by atoms with E-state index < -0.39 is 6.09 Å². The molecule has 1 amide bonds. The zero-order chi connectivity index (χ0) is 21.8. The Labute approximate surface area is 190 Å². The number of methoxy groups -OCH3 is 2. The van der Waals surface area contributed by atoms with Crippen LogP contribution in [0.4, 0.5) is 10.5 Å². The summed E-state index contributed by atoms with van der Waals surface area (Å²) < 4.78 is 17.9. The highest BCUT2D eigenvalue weighted by atomic mass is 79.9. The van der Waals surface area contributed by atoms with Gasteiger partial charge < -0.3 is 14.2 Å². The first kappa shape index (κ1) is 21.2. The second kappa shape index (κ2) is 9.43. The Hall–Kier alpha value is -2.99. The highest BCUT2D eigenvalue weighted by molar-refractivity contribution is 9.10. The lowest BCUT2D eigenvalue weighted by Gasteiger charge is -2.38. The molecule has 0 saturated carbocycles. The third-order valence-corrected chi connectivity index (χ3v) is 5.94. The number of fused-ring (bicyclic) bond motifs is 1. The van der Waals surface area contributed by atoms with Crippen LogP contribution in [-0.2, 0) is 17.8 Å². The molecule has 31 heavy (non-hydrogen) atoms. The van der Waals surface area contributed by atoms with E-state index in [1.165, 1.54) is 0 Å². The highest BCUT2D eigenvalue weighted by Gasteiger charge is 2.37. The lowest BCUT2D eigenvalue weighted by Crippen LogP contribution is -2.39. The summed E-state index contributed by atoms with van der Waals surface area (Å²) in [5, 5.41) is 0. The van der Waals surface area contributed by atoms with Gasteiger partial charge in [0, 0.05) is 10.0 Å². The van der Waals surface area contributed by atoms with Crippen molar-refractivity contribution in [2.45, 2.75) is 25.5 Å². The first-order valence-electron chi connectivity index (χ1n) is 10.1. The summed E-state index contributed by atoms with van der Waals surface area (Å²) in [5.74, 6) is 1.37. The summed E-state index contributed by atoms with van der Waals surface area (Å²) in [6.07, 6.45) is 1.13. The van der Waals surface area contributed by atoms with Gasteiger partial charge in [-0.3, -0.25) is 4.90 Å². The van der Waals surface area contributed by atoms with Gasteiger partial charge in [-0.05, 0) is 42.2 Å². The molecule has 5 nitrogen and oxygen atoms in total. The Balaban J connectivity index is 1.76. The Morgan fingerprint density at radius 2 is 1.71 bits per heavy atom. The molecule has 0 N–H and O–H groups in total. The van der Waals surface area contributed by atoms with Gasteiger partial charge in [-0.15, -0.1) is 0 Å². The normalized spacial score (nSPS) is 15.2. The summed E-state index contributed by atoms with van der Waals surface area (Å²) in [4.78, 5) is 15.2. The van der Waals surface area contributed by atoms with Crippen LogP contribution < -0.4 is 14.4 Å². The second-order valence-electron chi connectivity index (χ2n) is 7.32. The molecular formula is C25H24BrNO4. The minimum Gasteiger partial charge on any atom is -0.496 e. The molecule has 0 fully saturated rings. The molecule has 6 heteroatoms. The molecule has 160 valence electrons. The van der Waals surface area contributed by atoms with Gasteiger partial charge in [0.1, 0.15) is 18.1 Å². The fourth-order valence-corrected chi connectivity index (χ4v) is 4.55. The molecule has 1 aliphatic heterocycles. The molecule has 1 heterocycles. The average molecular weight is 482 g/mol. The molecule has 1 aliphatic rings. The molecule has 0 bridgehead atoms. The predicted molar refractivity (Wildman–Crippen MR) is 124 cm³/mol. The van der Waals surface area contributed by atoms with Crippen molar-refractivity contribution in [1.82, 2.24) is 0 Å². The number of hydrogen-bond acceptors (Lipinski definition) is 4. The van der Waals surface area contributed by atoms with Crippen LogP contribution in [0.5, 0.6) is 11.5 Å². The average Bonchev–Trinajstić information content (AvgIpc) is 2.81. The number of ether oxygens (including phenoxy) is 3. The molecule has 3 aromatic carbocycles. The number of carbonyl (C=O) groups is 1. The van der Waals surface area contributed by atoms with Gasteiger partial charge in [-0.1, -0.05) is 64.5 Å². The first-order chi connectivity index (χ1) is 15.1. The zero-order valence-electron chi connectivity index (χ0n) is 17.5. The lowest BCUT2D eigenvalue weighted by molar-refractivity contribution is 0.143. The van der Waals surface area contributed by atoms with Crippen molar-refractivity contribution >= 4 is 27.7 Å². The Kier molecular flexibility index (Phi) is 6.47. The number of aryl methyl sites for hydroxylation is 1. The minimum absolute atomic E-state index is 0.197. The molecule has 0 aromatic heterocycles. The van der Waals surface area contributed by atoms with Crippen LogP contribution in [0.1, 0.15) is 29.2 Å². The summed E-state index contributed by atoms with van der Waals surface area (Å²) >= 11 is 3.55. The van der Waals surface area contributed by atoms with Crippen LogP contribution in [0.2, 0.25) is 0 Å². The van der Waals surface area contributed by atoms with E-state index in [1.54, 1.807) is 19.1 Å². The molecule has 0 aliphatic carbocycles. The van der Waals surface area contributed by atoms with Gasteiger partial charge in [-0.25, -0.2) is 4.79 Å². The van der Waals surface area contributed by atoms with Crippen molar-refractivity contribution in [2.24, 2.45) is 0 Å². The number of halogens is 1. The zero-order valence-corrected chi connectivity index (χ0v) is 19.1. The summed E-state index contributed by atoms with van der Waals surface area (Å²) in [5.41, 5.74) is 3.65. The summed E-state index contributed by atoms with van der Waals surface area (Å²) in [6.45, 7) is 0.197. The smallest absolute Gasteiger partial charge is 0.415 e. The molecule has 0 radical (unpaired) electrons. The number of anilines is 1. The van der Waals surface area contributed by atoms with Crippen LogP contribution in [0.15, 0.2) is 71.2 Å². The fourth-order valence-electron chi connectivity index (χ4n) is 4.07. The monoisotopic (exact) mass is 481 g/mol. The van der Waals surface area contributed by atoms with Crippen LogP contribution in [0.25, 0.3) is 0 Å². The predicted octanol–water partition coefficient (Wildman–Crippen LogP) is 6.30.